The van der Waals surface area contributed by atoms with E-state index in [9.17, 15) is 14.3 Å². The van der Waals surface area contributed by atoms with Crippen LogP contribution in [0.2, 0.25) is 0 Å². The van der Waals surface area contributed by atoms with Crippen LogP contribution in [0.5, 0.6) is 0 Å². The van der Waals surface area contributed by atoms with Gasteiger partial charge in [-0.15, -0.1) is 0 Å². The van der Waals surface area contributed by atoms with Gasteiger partial charge >= 0.3 is 5.69 Å². The highest BCUT2D eigenvalue weighted by Crippen LogP contribution is 2.25. The number of nitrogens with zero attached hydrogens (tertiary/aromatic N) is 3. The first kappa shape index (κ1) is 15.6. The molecule has 9 heteroatoms. The SMILES string of the molecule is CCCNc1ncc([N+](=O)[O-])c(NC2CCS(=O)CC2)n1. The van der Waals surface area contributed by atoms with E-state index >= 15 is 0 Å². The van der Waals surface area contributed by atoms with Crippen LogP contribution in [-0.2, 0) is 10.8 Å². The summed E-state index contributed by atoms with van der Waals surface area (Å²) in [5.41, 5.74) is -0.135. The summed E-state index contributed by atoms with van der Waals surface area (Å²) in [6.45, 7) is 2.72. The topological polar surface area (TPSA) is 110 Å². The summed E-state index contributed by atoms with van der Waals surface area (Å²) in [5.74, 6) is 1.85. The highest BCUT2D eigenvalue weighted by Gasteiger charge is 2.23. The van der Waals surface area contributed by atoms with E-state index < -0.39 is 15.7 Å². The number of rotatable bonds is 6. The summed E-state index contributed by atoms with van der Waals surface area (Å²) < 4.78 is 11.3. The summed E-state index contributed by atoms with van der Waals surface area (Å²) in [6, 6.07) is 0.0651. The third kappa shape index (κ3) is 4.35. The Morgan fingerprint density at radius 1 is 1.48 bits per heavy atom. The predicted molar refractivity (Wildman–Crippen MR) is 82.0 cm³/mol. The lowest BCUT2D eigenvalue weighted by Crippen LogP contribution is -2.30. The van der Waals surface area contributed by atoms with Crippen molar-refractivity contribution in [2.24, 2.45) is 0 Å². The van der Waals surface area contributed by atoms with Crippen molar-refractivity contribution in [1.82, 2.24) is 9.97 Å². The molecule has 0 saturated carbocycles. The summed E-state index contributed by atoms with van der Waals surface area (Å²) in [6.07, 6.45) is 3.59. The number of hydrogen-bond acceptors (Lipinski definition) is 7. The predicted octanol–water partition coefficient (Wildman–Crippen LogP) is 1.53. The van der Waals surface area contributed by atoms with E-state index in [0.717, 1.165) is 19.3 Å². The number of aromatic nitrogens is 2. The van der Waals surface area contributed by atoms with Gasteiger partial charge in [-0.05, 0) is 19.3 Å². The van der Waals surface area contributed by atoms with E-state index in [1.54, 1.807) is 0 Å². The van der Waals surface area contributed by atoms with Crippen molar-refractivity contribution in [2.75, 3.05) is 28.7 Å². The summed E-state index contributed by atoms with van der Waals surface area (Å²) in [5, 5.41) is 17.2. The largest absolute Gasteiger partial charge is 0.361 e. The van der Waals surface area contributed by atoms with Gasteiger partial charge < -0.3 is 10.6 Å². The minimum atomic E-state index is -0.761. The van der Waals surface area contributed by atoms with Gasteiger partial charge in [-0.25, -0.2) is 4.98 Å². The molecule has 21 heavy (non-hydrogen) atoms. The molecule has 2 heterocycles. The zero-order chi connectivity index (χ0) is 15.2. The van der Waals surface area contributed by atoms with Gasteiger partial charge in [0.1, 0.15) is 6.20 Å². The Balaban J connectivity index is 2.13. The van der Waals surface area contributed by atoms with Crippen molar-refractivity contribution in [3.05, 3.63) is 16.3 Å². The fourth-order valence-corrected chi connectivity index (χ4v) is 3.37. The molecule has 0 amide bonds. The van der Waals surface area contributed by atoms with Crippen LogP contribution in [0, 0.1) is 10.1 Å². The molecule has 0 bridgehead atoms. The second-order valence-corrected chi connectivity index (χ2v) is 6.57. The molecule has 1 saturated heterocycles. The van der Waals surface area contributed by atoms with Crippen LogP contribution in [-0.4, -0.2) is 43.2 Å². The molecule has 0 unspecified atom stereocenters. The average molecular weight is 313 g/mol. The van der Waals surface area contributed by atoms with Crippen LogP contribution in [0.25, 0.3) is 0 Å². The highest BCUT2D eigenvalue weighted by molar-refractivity contribution is 7.85. The Morgan fingerprint density at radius 2 is 2.19 bits per heavy atom. The second-order valence-electron chi connectivity index (χ2n) is 4.88. The minimum absolute atomic E-state index is 0.0651. The molecule has 1 aliphatic rings. The Hall–Kier alpha value is -1.77. The molecule has 0 radical (unpaired) electrons. The van der Waals surface area contributed by atoms with Crippen molar-refractivity contribution < 1.29 is 9.13 Å². The fourth-order valence-electron chi connectivity index (χ4n) is 2.07. The molecule has 2 N–H and O–H groups in total. The van der Waals surface area contributed by atoms with Gasteiger partial charge in [0.15, 0.2) is 0 Å². The third-order valence-electron chi connectivity index (χ3n) is 3.23. The first-order valence-corrected chi connectivity index (χ1v) is 8.45. The van der Waals surface area contributed by atoms with E-state index in [0.29, 0.717) is 24.0 Å². The van der Waals surface area contributed by atoms with Crippen LogP contribution in [0.4, 0.5) is 17.5 Å². The smallest absolute Gasteiger partial charge is 0.329 e. The highest BCUT2D eigenvalue weighted by atomic mass is 32.2. The Bertz CT molecular complexity index is 530. The zero-order valence-electron chi connectivity index (χ0n) is 11.9. The second kappa shape index (κ2) is 7.30. The van der Waals surface area contributed by atoms with Crippen molar-refractivity contribution in [3.63, 3.8) is 0 Å². The molecule has 1 aromatic rings. The first-order chi connectivity index (χ1) is 10.1. The zero-order valence-corrected chi connectivity index (χ0v) is 12.7. The molecule has 0 atom stereocenters. The summed E-state index contributed by atoms with van der Waals surface area (Å²) >= 11 is 0. The normalized spacial score (nSPS) is 21.8. The van der Waals surface area contributed by atoms with Crippen molar-refractivity contribution >= 4 is 28.3 Å². The molecular formula is C12H19N5O3S. The Labute approximate surface area is 125 Å². The molecule has 2 rings (SSSR count). The summed E-state index contributed by atoms with van der Waals surface area (Å²) in [7, 11) is -0.761. The van der Waals surface area contributed by atoms with E-state index in [2.05, 4.69) is 20.6 Å². The van der Waals surface area contributed by atoms with Gasteiger partial charge in [-0.3, -0.25) is 14.3 Å². The maximum atomic E-state index is 11.3. The Kier molecular flexibility index (Phi) is 5.43. The lowest BCUT2D eigenvalue weighted by atomic mass is 10.1. The molecule has 0 aromatic carbocycles. The van der Waals surface area contributed by atoms with Gasteiger partial charge in [0, 0.05) is 34.9 Å². The molecule has 116 valence electrons. The van der Waals surface area contributed by atoms with Crippen molar-refractivity contribution in [2.45, 2.75) is 32.2 Å². The van der Waals surface area contributed by atoms with Gasteiger partial charge in [-0.1, -0.05) is 6.92 Å². The van der Waals surface area contributed by atoms with Crippen LogP contribution >= 0.6 is 0 Å². The van der Waals surface area contributed by atoms with Crippen LogP contribution in [0.15, 0.2) is 6.20 Å². The third-order valence-corrected chi connectivity index (χ3v) is 4.61. The molecule has 1 aromatic heterocycles. The van der Waals surface area contributed by atoms with Crippen LogP contribution in [0.1, 0.15) is 26.2 Å². The van der Waals surface area contributed by atoms with Gasteiger partial charge in [0.05, 0.1) is 4.92 Å². The molecule has 1 aliphatic heterocycles. The number of anilines is 2. The number of nitrogens with one attached hydrogen (secondary N) is 2. The average Bonchev–Trinajstić information content (AvgIpc) is 2.47. The standard InChI is InChI=1S/C12H19N5O3S/c1-2-5-13-12-14-8-10(17(18)19)11(16-12)15-9-3-6-21(20)7-4-9/h8-9H,2-7H2,1H3,(H2,13,14,15,16). The molecule has 8 nitrogen and oxygen atoms in total. The van der Waals surface area contributed by atoms with Crippen LogP contribution in [0.3, 0.4) is 0 Å². The minimum Gasteiger partial charge on any atom is -0.361 e. The van der Waals surface area contributed by atoms with Gasteiger partial charge in [0.2, 0.25) is 11.8 Å². The lowest BCUT2D eigenvalue weighted by molar-refractivity contribution is -0.384. The van der Waals surface area contributed by atoms with Gasteiger partial charge in [-0.2, -0.15) is 4.98 Å². The fraction of sp³-hybridized carbons (Fsp3) is 0.667. The van der Waals surface area contributed by atoms with E-state index in [4.69, 9.17) is 0 Å². The quantitative estimate of drug-likeness (QED) is 0.605. The van der Waals surface area contributed by atoms with Gasteiger partial charge in [0.25, 0.3) is 0 Å². The van der Waals surface area contributed by atoms with Crippen LogP contribution < -0.4 is 10.6 Å². The Morgan fingerprint density at radius 3 is 2.81 bits per heavy atom. The molecule has 0 aliphatic carbocycles. The maximum Gasteiger partial charge on any atom is 0.329 e. The number of hydrogen-bond donors (Lipinski definition) is 2. The van der Waals surface area contributed by atoms with E-state index in [1.807, 2.05) is 6.92 Å². The van der Waals surface area contributed by atoms with Crippen molar-refractivity contribution in [1.29, 1.82) is 0 Å². The monoisotopic (exact) mass is 313 g/mol. The molecule has 1 fully saturated rings. The summed E-state index contributed by atoms with van der Waals surface area (Å²) in [4.78, 5) is 18.7. The number of nitro groups is 1. The molecular weight excluding hydrogens is 294 g/mol. The molecule has 0 spiro atoms. The lowest BCUT2D eigenvalue weighted by Gasteiger charge is -2.22. The maximum absolute atomic E-state index is 11.3. The first-order valence-electron chi connectivity index (χ1n) is 6.97. The van der Waals surface area contributed by atoms with E-state index in [1.165, 1.54) is 6.20 Å². The van der Waals surface area contributed by atoms with E-state index in [-0.39, 0.29) is 17.5 Å². The van der Waals surface area contributed by atoms with Crippen molar-refractivity contribution in [3.8, 4) is 0 Å².